The van der Waals surface area contributed by atoms with Gasteiger partial charge in [-0.3, -0.25) is 0 Å². The third kappa shape index (κ3) is 8.80. The Bertz CT molecular complexity index is 6100. The summed E-state index contributed by atoms with van der Waals surface area (Å²) >= 11 is 0. The Balaban J connectivity index is 0.691. The van der Waals surface area contributed by atoms with Gasteiger partial charge in [-0.2, -0.15) is 0 Å². The van der Waals surface area contributed by atoms with Gasteiger partial charge in [0.15, 0.2) is 34.9 Å². The van der Waals surface area contributed by atoms with Crippen LogP contribution in [0.15, 0.2) is 312 Å². The minimum Gasteiger partial charge on any atom is -0.456 e. The van der Waals surface area contributed by atoms with E-state index in [-0.39, 0.29) is 0 Å². The molecule has 6 heterocycles. The van der Waals surface area contributed by atoms with E-state index in [9.17, 15) is 0 Å². The minimum absolute atomic E-state index is 0.569. The number of hydrogen-bond donors (Lipinski definition) is 0. The largest absolute Gasteiger partial charge is 0.456 e. The van der Waals surface area contributed by atoms with Gasteiger partial charge in [0.05, 0.1) is 22.1 Å². The van der Waals surface area contributed by atoms with Gasteiger partial charge in [-0.1, -0.05) is 200 Å². The van der Waals surface area contributed by atoms with Crippen molar-refractivity contribution in [3.8, 4) is 102 Å². The first-order valence-corrected chi connectivity index (χ1v) is 31.4. The number of fused-ring (bicyclic) bond motifs is 12. The summed E-state index contributed by atoms with van der Waals surface area (Å²) in [5, 5.41) is 8.68. The lowest BCUT2D eigenvalue weighted by Crippen LogP contribution is -2.00. The van der Waals surface area contributed by atoms with Crippen LogP contribution >= 0.6 is 0 Å². The zero-order chi connectivity index (χ0) is 61.8. The molecule has 0 saturated carbocycles. The van der Waals surface area contributed by atoms with Crippen LogP contribution in [0.1, 0.15) is 0 Å². The Morgan fingerprint density at radius 2 is 0.511 bits per heavy atom. The topological polar surface area (TPSA) is 113 Å². The van der Waals surface area contributed by atoms with Crippen LogP contribution in [0.25, 0.3) is 189 Å². The van der Waals surface area contributed by atoms with E-state index in [4.69, 9.17) is 38.7 Å². The Morgan fingerprint density at radius 1 is 0.191 bits per heavy atom. The van der Waals surface area contributed by atoms with Crippen molar-refractivity contribution < 1.29 is 8.83 Å². The normalized spacial score (nSPS) is 11.8. The third-order valence-corrected chi connectivity index (χ3v) is 18.2. The molecule has 0 aliphatic heterocycles. The summed E-state index contributed by atoms with van der Waals surface area (Å²) in [5.74, 6) is 3.55. The van der Waals surface area contributed by atoms with Gasteiger partial charge in [-0.15, -0.1) is 0 Å². The maximum absolute atomic E-state index is 6.74. The monoisotopic (exact) mass is 1200 g/mol. The first-order valence-electron chi connectivity index (χ1n) is 31.4. The average Bonchev–Trinajstić information content (AvgIpc) is 1.58. The van der Waals surface area contributed by atoms with Crippen LogP contribution in [-0.2, 0) is 0 Å². The van der Waals surface area contributed by atoms with E-state index >= 15 is 0 Å². The van der Waals surface area contributed by atoms with Crippen molar-refractivity contribution >= 4 is 87.5 Å². The number of para-hydroxylation sites is 3. The van der Waals surface area contributed by atoms with E-state index in [0.717, 1.165) is 144 Å². The molecule has 10 heteroatoms. The standard InChI is InChI=1S/C84H50N8O2/c1-5-19-51(20-6-1)67-50-74-68(63-29-15-18-32-73(63)92(74)60-40-42-65-70-45-57(37-43-76(70)94-78(65)48-60)83-87-79(53-21-7-2-8-22-53)85-80(88-83)54-23-9-3-10-24-54)49-66(67)52-33-35-56(36-34-52)82-86-81(55-25-11-4-12-26-55)89-84(90-82)58-38-44-75-69(46-58)64-41-39-59(47-77(64)93-75)91-71-30-16-13-27-61(71)62-28-14-17-31-72(62)91/h1-50H. The van der Waals surface area contributed by atoms with Gasteiger partial charge in [-0.05, 0) is 113 Å². The molecular formula is C84H50N8O2. The number of nitrogens with zero attached hydrogens (tertiary/aromatic N) is 8. The molecule has 0 atom stereocenters. The van der Waals surface area contributed by atoms with Gasteiger partial charge in [0, 0.05) is 100.0 Å². The average molecular weight is 1200 g/mol. The van der Waals surface area contributed by atoms with E-state index in [1.165, 1.54) is 10.8 Å². The molecular weight excluding hydrogens is 1150 g/mol. The fourth-order valence-corrected chi connectivity index (χ4v) is 13.8. The molecule has 0 aliphatic carbocycles. The molecule has 0 fully saturated rings. The number of benzene rings is 13. The van der Waals surface area contributed by atoms with Crippen LogP contribution in [0.5, 0.6) is 0 Å². The van der Waals surface area contributed by atoms with Crippen molar-refractivity contribution in [2.45, 2.75) is 0 Å². The van der Waals surface area contributed by atoms with Crippen molar-refractivity contribution in [2.24, 2.45) is 0 Å². The van der Waals surface area contributed by atoms with Gasteiger partial charge in [0.1, 0.15) is 22.3 Å². The lowest BCUT2D eigenvalue weighted by Gasteiger charge is -2.14. The number of furan rings is 2. The maximum atomic E-state index is 6.74. The van der Waals surface area contributed by atoms with E-state index in [0.29, 0.717) is 34.9 Å². The molecule has 19 aromatic rings. The molecule has 0 unspecified atom stereocenters. The summed E-state index contributed by atoms with van der Waals surface area (Å²) < 4.78 is 18.0. The van der Waals surface area contributed by atoms with E-state index in [1.54, 1.807) is 0 Å². The molecule has 0 bridgehead atoms. The van der Waals surface area contributed by atoms with Crippen LogP contribution in [0.4, 0.5) is 0 Å². The molecule has 0 amide bonds. The second-order valence-electron chi connectivity index (χ2n) is 23.8. The highest BCUT2D eigenvalue weighted by Gasteiger charge is 2.22. The third-order valence-electron chi connectivity index (χ3n) is 18.2. The fourth-order valence-electron chi connectivity index (χ4n) is 13.8. The number of aromatic nitrogens is 8. The molecule has 0 aliphatic rings. The Hall–Kier alpha value is -12.9. The maximum Gasteiger partial charge on any atom is 0.164 e. The minimum atomic E-state index is 0.569. The summed E-state index contributed by atoms with van der Waals surface area (Å²) in [6.07, 6.45) is 0. The Kier molecular flexibility index (Phi) is 12.0. The number of hydrogen-bond acceptors (Lipinski definition) is 8. The second kappa shape index (κ2) is 21.4. The highest BCUT2D eigenvalue weighted by Crippen LogP contribution is 2.44. The van der Waals surface area contributed by atoms with Crippen LogP contribution in [-0.4, -0.2) is 39.0 Å². The summed E-state index contributed by atoms with van der Waals surface area (Å²) in [6, 6.07) is 105. The van der Waals surface area contributed by atoms with Crippen LogP contribution < -0.4 is 0 Å². The quantitative estimate of drug-likeness (QED) is 0.133. The predicted molar refractivity (Wildman–Crippen MR) is 380 cm³/mol. The SMILES string of the molecule is c1ccc(-c2nc(-c3ccc(-c4cc5c6ccccc6n(-c6ccc7c(c6)oc6ccc(-c8nc(-c9ccccc9)nc(-c9ccccc9)n8)cc67)c5cc4-c4ccccc4)cc3)nc(-c3ccc4oc5cc(-n6c7ccccc7c7ccccc76)ccc5c4c3)n2)cc1. The van der Waals surface area contributed by atoms with Crippen molar-refractivity contribution in [3.63, 3.8) is 0 Å². The lowest BCUT2D eigenvalue weighted by molar-refractivity contribution is 0.668. The first-order chi connectivity index (χ1) is 46.5. The predicted octanol–water partition coefficient (Wildman–Crippen LogP) is 21.4. The van der Waals surface area contributed by atoms with Crippen molar-refractivity contribution in [1.29, 1.82) is 0 Å². The highest BCUT2D eigenvalue weighted by molar-refractivity contribution is 6.14. The van der Waals surface area contributed by atoms with Gasteiger partial charge in [0.25, 0.3) is 0 Å². The van der Waals surface area contributed by atoms with Crippen LogP contribution in [0.2, 0.25) is 0 Å². The molecule has 94 heavy (non-hydrogen) atoms. The molecule has 19 rings (SSSR count). The summed E-state index contributed by atoms with van der Waals surface area (Å²) in [4.78, 5) is 30.6. The van der Waals surface area contributed by atoms with Gasteiger partial charge < -0.3 is 18.0 Å². The molecule has 438 valence electrons. The van der Waals surface area contributed by atoms with Crippen LogP contribution in [0, 0.1) is 0 Å². The highest BCUT2D eigenvalue weighted by atomic mass is 16.3. The lowest BCUT2D eigenvalue weighted by atomic mass is 9.92. The van der Waals surface area contributed by atoms with Gasteiger partial charge in [0.2, 0.25) is 0 Å². The van der Waals surface area contributed by atoms with Gasteiger partial charge >= 0.3 is 0 Å². The number of rotatable bonds is 10. The molecule has 0 radical (unpaired) electrons. The molecule has 0 N–H and O–H groups in total. The molecule has 13 aromatic carbocycles. The molecule has 10 nitrogen and oxygen atoms in total. The second-order valence-corrected chi connectivity index (χ2v) is 23.8. The Labute approximate surface area is 537 Å². The summed E-state index contributed by atoms with van der Waals surface area (Å²) in [5.41, 5.74) is 19.4. The van der Waals surface area contributed by atoms with Crippen molar-refractivity contribution in [1.82, 2.24) is 39.0 Å². The smallest absolute Gasteiger partial charge is 0.164 e. The van der Waals surface area contributed by atoms with Crippen LogP contribution in [0.3, 0.4) is 0 Å². The zero-order valence-corrected chi connectivity index (χ0v) is 50.3. The first kappa shape index (κ1) is 53.0. The van der Waals surface area contributed by atoms with E-state index in [2.05, 4.69) is 197 Å². The summed E-state index contributed by atoms with van der Waals surface area (Å²) in [6.45, 7) is 0. The van der Waals surface area contributed by atoms with Gasteiger partial charge in [-0.25, -0.2) is 29.9 Å². The van der Waals surface area contributed by atoms with E-state index < -0.39 is 0 Å². The fraction of sp³-hybridized carbons (Fsp3) is 0. The Morgan fingerprint density at radius 3 is 0.947 bits per heavy atom. The van der Waals surface area contributed by atoms with Crippen molar-refractivity contribution in [3.05, 3.63) is 303 Å². The molecule has 0 spiro atoms. The molecule has 6 aromatic heterocycles. The van der Waals surface area contributed by atoms with E-state index in [1.807, 2.05) is 115 Å². The summed E-state index contributed by atoms with van der Waals surface area (Å²) in [7, 11) is 0. The molecule has 0 saturated heterocycles. The van der Waals surface area contributed by atoms with Crippen molar-refractivity contribution in [2.75, 3.05) is 0 Å². The zero-order valence-electron chi connectivity index (χ0n) is 50.3.